The first-order valence-electron chi connectivity index (χ1n) is 16.8. The third kappa shape index (κ3) is 5.91. The minimum absolute atomic E-state index is 0.200. The molecule has 0 unspecified atom stereocenters. The summed E-state index contributed by atoms with van der Waals surface area (Å²) in [6.45, 7) is 2.26. The lowest BCUT2D eigenvalue weighted by Crippen LogP contribution is -2.44. The first kappa shape index (κ1) is 31.4. The Morgan fingerprint density at radius 3 is 1.62 bits per heavy atom. The Hall–Kier alpha value is -3.60. The quantitative estimate of drug-likeness (QED) is 0.275. The standard InChI is InChI=1S/C40H43F3O2/c1-2-9-26-16-18-27(19-17-26)28-20-22-30(23-21-28)40(33-12-5-8-15-38(33)43)34(31-10-3-6-13-36(31)41)24-29(39(44)45)25-35(40)32-11-4-7-14-37(32)42/h3-8,10-15,24-30H,2,9,16-23H2,1H3,(H,44,45)/t26-,27-,28?,29?,30?,40?. The van der Waals surface area contributed by atoms with Gasteiger partial charge in [-0.1, -0.05) is 99.4 Å². The van der Waals surface area contributed by atoms with E-state index in [9.17, 15) is 9.90 Å². The van der Waals surface area contributed by atoms with E-state index in [2.05, 4.69) is 6.92 Å². The smallest absolute Gasteiger partial charge is 0.314 e. The van der Waals surface area contributed by atoms with Crippen molar-refractivity contribution in [1.29, 1.82) is 0 Å². The lowest BCUT2D eigenvalue weighted by Gasteiger charge is -2.51. The van der Waals surface area contributed by atoms with Crippen LogP contribution >= 0.6 is 0 Å². The molecule has 2 saturated carbocycles. The van der Waals surface area contributed by atoms with Crippen molar-refractivity contribution in [2.45, 2.75) is 76.5 Å². The molecule has 3 aromatic carbocycles. The number of carbonyl (C=O) groups is 1. The van der Waals surface area contributed by atoms with E-state index in [1.165, 1.54) is 56.7 Å². The molecular weight excluding hydrogens is 569 g/mol. The summed E-state index contributed by atoms with van der Waals surface area (Å²) < 4.78 is 48.0. The van der Waals surface area contributed by atoms with Gasteiger partial charge in [0, 0.05) is 16.7 Å². The van der Waals surface area contributed by atoms with Gasteiger partial charge in [-0.05, 0) is 91.5 Å². The van der Waals surface area contributed by atoms with Crippen molar-refractivity contribution < 1.29 is 23.1 Å². The van der Waals surface area contributed by atoms with Gasteiger partial charge in [0.25, 0.3) is 0 Å². The second kappa shape index (κ2) is 13.4. The summed E-state index contributed by atoms with van der Waals surface area (Å²) in [5.74, 6) is -1.88. The van der Waals surface area contributed by atoms with Crippen LogP contribution in [0.15, 0.2) is 84.9 Å². The maximum atomic E-state index is 16.3. The predicted molar refractivity (Wildman–Crippen MR) is 174 cm³/mol. The molecule has 45 heavy (non-hydrogen) atoms. The van der Waals surface area contributed by atoms with Crippen molar-refractivity contribution in [2.24, 2.45) is 29.6 Å². The van der Waals surface area contributed by atoms with Crippen LogP contribution in [0.4, 0.5) is 13.2 Å². The zero-order valence-corrected chi connectivity index (χ0v) is 26.0. The van der Waals surface area contributed by atoms with Crippen LogP contribution in [0.3, 0.4) is 0 Å². The van der Waals surface area contributed by atoms with Crippen LogP contribution in [-0.4, -0.2) is 11.1 Å². The Labute approximate surface area is 265 Å². The molecule has 0 heterocycles. The fourth-order valence-corrected chi connectivity index (χ4v) is 9.03. The summed E-state index contributed by atoms with van der Waals surface area (Å²) in [5.41, 5.74) is 0.299. The number of halogens is 3. The normalized spacial score (nSPS) is 28.7. The molecule has 0 radical (unpaired) electrons. The number of carboxylic acid groups (broad SMARTS) is 1. The van der Waals surface area contributed by atoms with Crippen molar-refractivity contribution >= 4 is 17.1 Å². The molecule has 0 aromatic heterocycles. The van der Waals surface area contributed by atoms with Gasteiger partial charge in [0.15, 0.2) is 0 Å². The van der Waals surface area contributed by atoms with Crippen LogP contribution in [0, 0.1) is 47.0 Å². The highest BCUT2D eigenvalue weighted by molar-refractivity contribution is 5.98. The fourth-order valence-electron chi connectivity index (χ4n) is 9.03. The lowest BCUT2D eigenvalue weighted by molar-refractivity contribution is -0.138. The van der Waals surface area contributed by atoms with E-state index in [1.807, 2.05) is 0 Å². The number of hydrogen-bond donors (Lipinski definition) is 1. The molecule has 3 aliphatic carbocycles. The van der Waals surface area contributed by atoms with E-state index >= 15 is 13.2 Å². The molecule has 6 rings (SSSR count). The summed E-state index contributed by atoms with van der Waals surface area (Å²) in [6, 6.07) is 19.1. The lowest BCUT2D eigenvalue weighted by atomic mass is 9.52. The molecular formula is C40H43F3O2. The van der Waals surface area contributed by atoms with Crippen LogP contribution in [0.1, 0.15) is 87.8 Å². The molecule has 2 nitrogen and oxygen atoms in total. The summed E-state index contributed by atoms with van der Waals surface area (Å²) in [5, 5.41) is 10.3. The molecule has 0 atom stereocenters. The molecule has 0 spiro atoms. The molecule has 3 aliphatic rings. The topological polar surface area (TPSA) is 37.3 Å². The third-order valence-corrected chi connectivity index (χ3v) is 11.1. The van der Waals surface area contributed by atoms with E-state index in [1.54, 1.807) is 66.7 Å². The van der Waals surface area contributed by atoms with Gasteiger partial charge < -0.3 is 5.11 Å². The molecule has 0 saturated heterocycles. The molecule has 0 bridgehead atoms. The van der Waals surface area contributed by atoms with Crippen LogP contribution in [0.25, 0.3) is 11.1 Å². The van der Waals surface area contributed by atoms with Crippen molar-refractivity contribution in [1.82, 2.24) is 0 Å². The summed E-state index contributed by atoms with van der Waals surface area (Å²) in [6.07, 6.45) is 14.2. The largest absolute Gasteiger partial charge is 0.481 e. The Balaban J connectivity index is 1.51. The highest BCUT2D eigenvalue weighted by Crippen LogP contribution is 2.61. The van der Waals surface area contributed by atoms with Gasteiger partial charge in [-0.25, -0.2) is 13.2 Å². The van der Waals surface area contributed by atoms with Crippen molar-refractivity contribution in [3.63, 3.8) is 0 Å². The Bertz CT molecular complexity index is 1510. The molecule has 0 amide bonds. The maximum absolute atomic E-state index is 16.3. The minimum Gasteiger partial charge on any atom is -0.481 e. The van der Waals surface area contributed by atoms with E-state index in [0.717, 1.165) is 31.6 Å². The Morgan fingerprint density at radius 2 is 1.16 bits per heavy atom. The average molecular weight is 613 g/mol. The summed E-state index contributed by atoms with van der Waals surface area (Å²) in [7, 11) is 0. The molecule has 5 heteroatoms. The van der Waals surface area contributed by atoms with E-state index < -0.39 is 34.8 Å². The number of rotatable bonds is 8. The van der Waals surface area contributed by atoms with Gasteiger partial charge in [0.2, 0.25) is 0 Å². The predicted octanol–water partition coefficient (Wildman–Crippen LogP) is 10.6. The number of carboxylic acids is 1. The molecule has 1 N–H and O–H groups in total. The molecule has 236 valence electrons. The zero-order valence-electron chi connectivity index (χ0n) is 26.0. The van der Waals surface area contributed by atoms with Crippen LogP contribution in [-0.2, 0) is 10.2 Å². The van der Waals surface area contributed by atoms with Gasteiger partial charge in [0.1, 0.15) is 17.5 Å². The second-order valence-electron chi connectivity index (χ2n) is 13.5. The van der Waals surface area contributed by atoms with Crippen LogP contribution < -0.4 is 0 Å². The zero-order chi connectivity index (χ0) is 31.6. The molecule has 3 aromatic rings. The SMILES string of the molecule is CCC[C@H]1CC[C@H](C2CCC(C3(c4ccccc4F)C(c4ccccc4F)=CC(C(=O)O)C=C3c3ccccc3F)CC2)CC1. The first-order valence-corrected chi connectivity index (χ1v) is 16.8. The van der Waals surface area contributed by atoms with Gasteiger partial charge >= 0.3 is 5.97 Å². The fraction of sp³-hybridized carbons (Fsp3) is 0.425. The number of aliphatic carboxylic acids is 1. The minimum atomic E-state index is -1.30. The second-order valence-corrected chi connectivity index (χ2v) is 13.5. The maximum Gasteiger partial charge on any atom is 0.314 e. The average Bonchev–Trinajstić information content (AvgIpc) is 3.05. The van der Waals surface area contributed by atoms with E-state index in [-0.39, 0.29) is 17.0 Å². The van der Waals surface area contributed by atoms with Crippen molar-refractivity contribution in [3.8, 4) is 0 Å². The van der Waals surface area contributed by atoms with Gasteiger partial charge in [-0.3, -0.25) is 4.79 Å². The summed E-state index contributed by atoms with van der Waals surface area (Å²) in [4.78, 5) is 12.6. The molecule has 0 aliphatic heterocycles. The highest BCUT2D eigenvalue weighted by atomic mass is 19.1. The molecule has 2 fully saturated rings. The van der Waals surface area contributed by atoms with Crippen LogP contribution in [0.2, 0.25) is 0 Å². The van der Waals surface area contributed by atoms with E-state index in [4.69, 9.17) is 0 Å². The van der Waals surface area contributed by atoms with E-state index in [0.29, 0.717) is 28.5 Å². The van der Waals surface area contributed by atoms with Gasteiger partial charge in [0.05, 0.1) is 11.3 Å². The van der Waals surface area contributed by atoms with Gasteiger partial charge in [-0.2, -0.15) is 0 Å². The monoisotopic (exact) mass is 612 g/mol. The van der Waals surface area contributed by atoms with Crippen LogP contribution in [0.5, 0.6) is 0 Å². The number of allylic oxidation sites excluding steroid dienone is 2. The van der Waals surface area contributed by atoms with Crippen molar-refractivity contribution in [3.05, 3.63) is 119 Å². The Kier molecular flexibility index (Phi) is 9.35. The third-order valence-electron chi connectivity index (χ3n) is 11.1. The van der Waals surface area contributed by atoms with Crippen molar-refractivity contribution in [2.75, 3.05) is 0 Å². The van der Waals surface area contributed by atoms with Gasteiger partial charge in [-0.15, -0.1) is 0 Å². The first-order chi connectivity index (χ1) is 21.8. The highest BCUT2D eigenvalue weighted by Gasteiger charge is 2.53. The Morgan fingerprint density at radius 1 is 0.689 bits per heavy atom. The number of hydrogen-bond acceptors (Lipinski definition) is 1. The number of benzene rings is 3. The summed E-state index contributed by atoms with van der Waals surface area (Å²) >= 11 is 0.